The molecule has 16 heavy (non-hydrogen) atoms. The van der Waals surface area contributed by atoms with Gasteiger partial charge in [-0.3, -0.25) is 9.69 Å². The summed E-state index contributed by atoms with van der Waals surface area (Å²) in [7, 11) is 0. The van der Waals surface area contributed by atoms with Crippen LogP contribution >= 0.6 is 0 Å². The summed E-state index contributed by atoms with van der Waals surface area (Å²) in [5.41, 5.74) is 8.40. The molecule has 0 aliphatic carbocycles. The molecule has 6 heteroatoms. The van der Waals surface area contributed by atoms with E-state index in [2.05, 4.69) is 14.9 Å². The van der Waals surface area contributed by atoms with E-state index in [0.717, 1.165) is 32.4 Å². The maximum absolute atomic E-state index is 10.9. The minimum absolute atomic E-state index is 0.0320. The van der Waals surface area contributed by atoms with Gasteiger partial charge in [0.1, 0.15) is 6.10 Å². The maximum atomic E-state index is 10.9. The Morgan fingerprint density at radius 3 is 3.00 bits per heavy atom. The molecule has 3 atom stereocenters. The highest BCUT2D eigenvalue weighted by Crippen LogP contribution is 2.30. The number of piperidine rings is 1. The second-order valence-electron chi connectivity index (χ2n) is 4.43. The highest BCUT2D eigenvalue weighted by molar-refractivity contribution is 5.66. The van der Waals surface area contributed by atoms with Crippen LogP contribution in [-0.4, -0.2) is 42.1 Å². The summed E-state index contributed by atoms with van der Waals surface area (Å²) in [6.07, 6.45) is 2.77. The van der Waals surface area contributed by atoms with Crippen LogP contribution in [0.5, 0.6) is 0 Å². The third kappa shape index (κ3) is 2.28. The Kier molecular flexibility index (Phi) is 3.31. The molecule has 0 radical (unpaired) electrons. The summed E-state index contributed by atoms with van der Waals surface area (Å²) in [6, 6.07) is 0.409. The monoisotopic (exact) mass is 224 g/mol. The number of hydrogen-bond donors (Lipinski definition) is 0. The van der Waals surface area contributed by atoms with Crippen LogP contribution in [0.15, 0.2) is 5.11 Å². The minimum Gasteiger partial charge on any atom is -0.461 e. The summed E-state index contributed by atoms with van der Waals surface area (Å²) in [5, 5.41) is 3.76. The summed E-state index contributed by atoms with van der Waals surface area (Å²) in [5.74, 6) is -0.205. The summed E-state index contributed by atoms with van der Waals surface area (Å²) in [4.78, 5) is 16.1. The first-order valence-electron chi connectivity index (χ1n) is 5.66. The van der Waals surface area contributed by atoms with Crippen molar-refractivity contribution in [1.29, 1.82) is 0 Å². The van der Waals surface area contributed by atoms with E-state index >= 15 is 0 Å². The number of carbonyl (C=O) groups is 1. The Balaban J connectivity index is 1.95. The van der Waals surface area contributed by atoms with Crippen LogP contribution in [0.25, 0.3) is 10.4 Å². The van der Waals surface area contributed by atoms with Crippen molar-refractivity contribution in [2.24, 2.45) is 5.11 Å². The number of azide groups is 1. The van der Waals surface area contributed by atoms with Gasteiger partial charge in [-0.2, -0.15) is 0 Å². The number of fused-ring (bicyclic) bond motifs is 1. The molecule has 2 aliphatic heterocycles. The van der Waals surface area contributed by atoms with Crippen LogP contribution in [0.1, 0.15) is 26.2 Å². The van der Waals surface area contributed by atoms with E-state index in [4.69, 9.17) is 10.3 Å². The SMILES string of the molecule is CC(=O)O[C@H]1CCN2C[C@@H](N=[N+]=[N-])CC[C@@H]12. The number of carbonyl (C=O) groups excluding carboxylic acids is 1. The lowest BCUT2D eigenvalue weighted by molar-refractivity contribution is -0.147. The van der Waals surface area contributed by atoms with Gasteiger partial charge in [-0.1, -0.05) is 5.11 Å². The molecule has 0 amide bonds. The zero-order valence-corrected chi connectivity index (χ0v) is 9.37. The maximum Gasteiger partial charge on any atom is 0.302 e. The fourth-order valence-corrected chi connectivity index (χ4v) is 2.72. The fourth-order valence-electron chi connectivity index (χ4n) is 2.72. The molecule has 0 saturated carbocycles. The van der Waals surface area contributed by atoms with Gasteiger partial charge >= 0.3 is 5.97 Å². The second-order valence-corrected chi connectivity index (χ2v) is 4.43. The normalized spacial score (nSPS) is 33.9. The van der Waals surface area contributed by atoms with Gasteiger partial charge < -0.3 is 4.74 Å². The van der Waals surface area contributed by atoms with Crippen LogP contribution in [0.2, 0.25) is 0 Å². The first-order valence-corrected chi connectivity index (χ1v) is 5.66. The lowest BCUT2D eigenvalue weighted by atomic mass is 9.98. The zero-order chi connectivity index (χ0) is 11.5. The number of esters is 1. The van der Waals surface area contributed by atoms with Gasteiger partial charge in [-0.05, 0) is 24.8 Å². The van der Waals surface area contributed by atoms with Crippen LogP contribution in [0.3, 0.4) is 0 Å². The molecule has 2 heterocycles. The van der Waals surface area contributed by atoms with Crippen molar-refractivity contribution in [1.82, 2.24) is 4.90 Å². The first-order chi connectivity index (χ1) is 7.70. The predicted molar refractivity (Wildman–Crippen MR) is 57.7 cm³/mol. The molecule has 88 valence electrons. The van der Waals surface area contributed by atoms with Gasteiger partial charge in [0.05, 0.1) is 6.04 Å². The van der Waals surface area contributed by atoms with Gasteiger partial charge in [0, 0.05) is 31.0 Å². The van der Waals surface area contributed by atoms with E-state index < -0.39 is 0 Å². The van der Waals surface area contributed by atoms with Crippen molar-refractivity contribution in [3.63, 3.8) is 0 Å². The zero-order valence-electron chi connectivity index (χ0n) is 9.37. The molecule has 2 fully saturated rings. The standard InChI is InChI=1S/C10H16N4O2/c1-7(15)16-10-4-5-14-6-8(12-13-11)2-3-9(10)14/h8-10H,2-6H2,1H3/t8-,9-,10-/m0/s1. The number of nitrogens with zero attached hydrogens (tertiary/aromatic N) is 4. The van der Waals surface area contributed by atoms with E-state index in [1.54, 1.807) is 0 Å². The van der Waals surface area contributed by atoms with Crippen LogP contribution in [0, 0.1) is 0 Å². The third-order valence-electron chi connectivity index (χ3n) is 3.37. The molecular formula is C10H16N4O2. The molecule has 6 nitrogen and oxygen atoms in total. The van der Waals surface area contributed by atoms with E-state index in [1.165, 1.54) is 6.92 Å². The molecule has 0 unspecified atom stereocenters. The lowest BCUT2D eigenvalue weighted by Gasteiger charge is -2.34. The smallest absolute Gasteiger partial charge is 0.302 e. The average molecular weight is 224 g/mol. The van der Waals surface area contributed by atoms with Gasteiger partial charge in [-0.15, -0.1) is 0 Å². The highest BCUT2D eigenvalue weighted by Gasteiger charge is 2.39. The van der Waals surface area contributed by atoms with Crippen molar-refractivity contribution < 1.29 is 9.53 Å². The summed E-state index contributed by atoms with van der Waals surface area (Å²) >= 11 is 0. The molecule has 0 aromatic carbocycles. The minimum atomic E-state index is -0.205. The Morgan fingerprint density at radius 1 is 1.50 bits per heavy atom. The average Bonchev–Trinajstić information content (AvgIpc) is 2.61. The van der Waals surface area contributed by atoms with E-state index in [-0.39, 0.29) is 18.1 Å². The van der Waals surface area contributed by atoms with Gasteiger partial charge in [0.15, 0.2) is 0 Å². The fraction of sp³-hybridized carbons (Fsp3) is 0.900. The predicted octanol–water partition coefficient (Wildman–Crippen LogP) is 1.47. The Morgan fingerprint density at radius 2 is 2.31 bits per heavy atom. The molecule has 2 aliphatic rings. The second kappa shape index (κ2) is 4.72. The Labute approximate surface area is 94.2 Å². The molecule has 0 aromatic rings. The van der Waals surface area contributed by atoms with E-state index in [9.17, 15) is 4.79 Å². The van der Waals surface area contributed by atoms with Crippen LogP contribution in [-0.2, 0) is 9.53 Å². The van der Waals surface area contributed by atoms with Crippen LogP contribution in [0.4, 0.5) is 0 Å². The van der Waals surface area contributed by atoms with Crippen molar-refractivity contribution in [3.05, 3.63) is 10.4 Å². The third-order valence-corrected chi connectivity index (χ3v) is 3.37. The quantitative estimate of drug-likeness (QED) is 0.308. The molecule has 0 N–H and O–H groups in total. The topological polar surface area (TPSA) is 78.3 Å². The van der Waals surface area contributed by atoms with Crippen molar-refractivity contribution >= 4 is 5.97 Å². The first kappa shape index (κ1) is 11.2. The lowest BCUT2D eigenvalue weighted by Crippen LogP contribution is -2.45. The van der Waals surface area contributed by atoms with Gasteiger partial charge in [0.25, 0.3) is 0 Å². The van der Waals surface area contributed by atoms with Crippen molar-refractivity contribution in [2.45, 2.75) is 44.4 Å². The van der Waals surface area contributed by atoms with Crippen molar-refractivity contribution in [2.75, 3.05) is 13.1 Å². The Bertz CT molecular complexity index is 327. The van der Waals surface area contributed by atoms with Gasteiger partial charge in [0.2, 0.25) is 0 Å². The van der Waals surface area contributed by atoms with Gasteiger partial charge in [-0.25, -0.2) is 0 Å². The number of rotatable bonds is 2. The summed E-state index contributed by atoms with van der Waals surface area (Å²) in [6.45, 7) is 3.18. The highest BCUT2D eigenvalue weighted by atomic mass is 16.5. The number of hydrogen-bond acceptors (Lipinski definition) is 4. The van der Waals surface area contributed by atoms with Crippen LogP contribution < -0.4 is 0 Å². The van der Waals surface area contributed by atoms with E-state index in [1.807, 2.05) is 0 Å². The molecule has 2 saturated heterocycles. The molecular weight excluding hydrogens is 208 g/mol. The summed E-state index contributed by atoms with van der Waals surface area (Å²) < 4.78 is 5.29. The van der Waals surface area contributed by atoms with E-state index in [0.29, 0.717) is 6.04 Å². The molecule has 2 rings (SSSR count). The molecule has 0 aromatic heterocycles. The Hall–Kier alpha value is -1.26. The molecule has 0 bridgehead atoms. The van der Waals surface area contributed by atoms with Crippen molar-refractivity contribution in [3.8, 4) is 0 Å². The molecule has 0 spiro atoms. The number of ether oxygens (including phenoxy) is 1. The largest absolute Gasteiger partial charge is 0.461 e.